The van der Waals surface area contributed by atoms with Crippen LogP contribution in [0.4, 0.5) is 4.39 Å². The molecule has 10 heteroatoms. The second-order valence-electron chi connectivity index (χ2n) is 6.68. The van der Waals surface area contributed by atoms with Crippen molar-refractivity contribution in [3.05, 3.63) is 76.2 Å². The number of hydrogen-bond acceptors (Lipinski definition) is 7. The number of methoxy groups -OCH3 is 2. The van der Waals surface area contributed by atoms with Gasteiger partial charge in [0.05, 0.1) is 18.6 Å². The van der Waals surface area contributed by atoms with Crippen molar-refractivity contribution >= 4 is 27.4 Å². The molecule has 7 nitrogen and oxygen atoms in total. The van der Waals surface area contributed by atoms with Gasteiger partial charge in [-0.05, 0) is 47.3 Å². The van der Waals surface area contributed by atoms with E-state index in [4.69, 9.17) is 13.7 Å². The van der Waals surface area contributed by atoms with Crippen molar-refractivity contribution in [3.63, 3.8) is 0 Å². The quantitative estimate of drug-likeness (QED) is 0.410. The minimum absolute atomic E-state index is 0.0500. The molecule has 0 saturated carbocycles. The Hall–Kier alpha value is -2.95. The molecule has 0 unspecified atom stereocenters. The van der Waals surface area contributed by atoms with Gasteiger partial charge in [-0.25, -0.2) is 4.39 Å². The number of thiophene rings is 1. The zero-order valence-electron chi connectivity index (χ0n) is 17.5. The number of carbonyl (C=O) groups is 1. The molecule has 3 aromatic rings. The number of carbonyl (C=O) groups excluding carboxylic acids is 1. The third-order valence-corrected chi connectivity index (χ3v) is 6.58. The lowest BCUT2D eigenvalue weighted by Crippen LogP contribution is -2.33. The summed E-state index contributed by atoms with van der Waals surface area (Å²) in [5.41, 5.74) is 0.666. The van der Waals surface area contributed by atoms with Gasteiger partial charge in [-0.3, -0.25) is 4.79 Å². The predicted molar refractivity (Wildman–Crippen MR) is 118 cm³/mol. The molecular weight excluding hydrogens is 457 g/mol. The van der Waals surface area contributed by atoms with Gasteiger partial charge < -0.3 is 18.6 Å². The van der Waals surface area contributed by atoms with Crippen LogP contribution in [0.25, 0.3) is 0 Å². The topological polar surface area (TPSA) is 82.1 Å². The molecule has 0 fully saturated rings. The lowest BCUT2D eigenvalue weighted by molar-refractivity contribution is 0.0685. The Morgan fingerprint density at radius 2 is 1.91 bits per heavy atom. The largest absolute Gasteiger partial charge is 0.494 e. The van der Waals surface area contributed by atoms with E-state index >= 15 is 0 Å². The van der Waals surface area contributed by atoms with Gasteiger partial charge in [0.2, 0.25) is 0 Å². The van der Waals surface area contributed by atoms with Crippen LogP contribution in [0, 0.1) is 5.82 Å². The van der Waals surface area contributed by atoms with Crippen molar-refractivity contribution in [1.82, 2.24) is 4.90 Å². The zero-order chi connectivity index (χ0) is 23.1. The minimum atomic E-state index is -4.27. The van der Waals surface area contributed by atoms with Crippen LogP contribution in [-0.2, 0) is 21.4 Å². The van der Waals surface area contributed by atoms with E-state index in [-0.39, 0.29) is 28.8 Å². The summed E-state index contributed by atoms with van der Waals surface area (Å²) < 4.78 is 54.2. The van der Waals surface area contributed by atoms with E-state index < -0.39 is 15.9 Å². The van der Waals surface area contributed by atoms with E-state index in [0.717, 1.165) is 6.07 Å². The molecule has 0 aliphatic carbocycles. The first kappa shape index (κ1) is 23.7. The lowest BCUT2D eigenvalue weighted by Gasteiger charge is -2.22. The van der Waals surface area contributed by atoms with Crippen LogP contribution < -0.4 is 8.92 Å². The molecule has 32 heavy (non-hydrogen) atoms. The van der Waals surface area contributed by atoms with Crippen LogP contribution in [-0.4, -0.2) is 46.6 Å². The van der Waals surface area contributed by atoms with Crippen molar-refractivity contribution < 1.29 is 31.3 Å². The summed E-state index contributed by atoms with van der Waals surface area (Å²) in [5, 5.41) is 1.82. The van der Waals surface area contributed by atoms with Gasteiger partial charge in [-0.2, -0.15) is 8.42 Å². The first-order valence-electron chi connectivity index (χ1n) is 9.52. The van der Waals surface area contributed by atoms with Gasteiger partial charge in [-0.1, -0.05) is 18.2 Å². The molecule has 2 aromatic carbocycles. The highest BCUT2D eigenvalue weighted by Crippen LogP contribution is 2.25. The van der Waals surface area contributed by atoms with Gasteiger partial charge in [0.1, 0.15) is 10.6 Å². The normalized spacial score (nSPS) is 11.2. The molecule has 0 aliphatic rings. The maximum atomic E-state index is 13.9. The van der Waals surface area contributed by atoms with Crippen LogP contribution in [0.5, 0.6) is 11.5 Å². The van der Waals surface area contributed by atoms with Crippen LogP contribution in [0.3, 0.4) is 0 Å². The summed E-state index contributed by atoms with van der Waals surface area (Å²) in [4.78, 5) is 14.7. The number of hydrogen-bond donors (Lipinski definition) is 0. The smallest absolute Gasteiger partial charge is 0.339 e. The molecule has 0 spiro atoms. The first-order valence-corrected chi connectivity index (χ1v) is 11.8. The van der Waals surface area contributed by atoms with Crippen molar-refractivity contribution in [1.29, 1.82) is 0 Å². The van der Waals surface area contributed by atoms with Crippen molar-refractivity contribution in [2.24, 2.45) is 0 Å². The number of rotatable bonds is 10. The number of halogens is 1. The SMILES string of the molecule is COCCN(Cc1cccc(OS(=O)(=O)c2ccc(OC)c(F)c2)c1)C(=O)c1cccs1. The molecule has 170 valence electrons. The minimum Gasteiger partial charge on any atom is -0.494 e. The van der Waals surface area contributed by atoms with Gasteiger partial charge in [-0.15, -0.1) is 11.3 Å². The van der Waals surface area contributed by atoms with Crippen molar-refractivity contribution in [2.45, 2.75) is 11.4 Å². The highest BCUT2D eigenvalue weighted by Gasteiger charge is 2.21. The summed E-state index contributed by atoms with van der Waals surface area (Å²) in [7, 11) is -1.43. The maximum absolute atomic E-state index is 13.9. The second kappa shape index (κ2) is 10.6. The van der Waals surface area contributed by atoms with Gasteiger partial charge in [0.15, 0.2) is 11.6 Å². The second-order valence-corrected chi connectivity index (χ2v) is 9.17. The molecule has 3 rings (SSSR count). The Bertz CT molecular complexity index is 1160. The molecule has 0 saturated heterocycles. The van der Waals surface area contributed by atoms with Gasteiger partial charge >= 0.3 is 10.1 Å². The molecule has 0 atom stereocenters. The number of amides is 1. The Balaban J connectivity index is 1.79. The summed E-state index contributed by atoms with van der Waals surface area (Å²) in [6.45, 7) is 0.945. The Morgan fingerprint density at radius 1 is 1.09 bits per heavy atom. The molecule has 0 N–H and O–H groups in total. The van der Waals surface area contributed by atoms with Crippen LogP contribution in [0.15, 0.2) is 64.9 Å². The van der Waals surface area contributed by atoms with Gasteiger partial charge in [0, 0.05) is 20.2 Å². The van der Waals surface area contributed by atoms with Crippen LogP contribution in [0.2, 0.25) is 0 Å². The third-order valence-electron chi connectivity index (χ3n) is 4.47. The molecule has 0 aliphatic heterocycles. The highest BCUT2D eigenvalue weighted by molar-refractivity contribution is 7.87. The Morgan fingerprint density at radius 3 is 2.56 bits per heavy atom. The fourth-order valence-corrected chi connectivity index (χ4v) is 4.53. The summed E-state index contributed by atoms with van der Waals surface area (Å²) >= 11 is 1.34. The summed E-state index contributed by atoms with van der Waals surface area (Å²) in [5.74, 6) is -0.983. The molecule has 0 bridgehead atoms. The Labute approximate surface area is 190 Å². The molecule has 1 heterocycles. The fraction of sp³-hybridized carbons (Fsp3) is 0.227. The van der Waals surface area contributed by atoms with E-state index in [1.807, 2.05) is 5.38 Å². The first-order chi connectivity index (χ1) is 15.3. The third kappa shape index (κ3) is 5.84. The average Bonchev–Trinajstić information content (AvgIpc) is 3.31. The number of nitrogens with zero attached hydrogens (tertiary/aromatic N) is 1. The van der Waals surface area contributed by atoms with E-state index in [1.54, 1.807) is 36.3 Å². The van der Waals surface area contributed by atoms with E-state index in [9.17, 15) is 17.6 Å². The maximum Gasteiger partial charge on any atom is 0.339 e. The fourth-order valence-electron chi connectivity index (χ4n) is 2.90. The molecule has 1 amide bonds. The standard InChI is InChI=1S/C22H22FNO6S2/c1-28-11-10-24(22(25)21-7-4-12-31-21)15-16-5-3-6-17(13-16)30-32(26,27)18-8-9-20(29-2)19(23)14-18/h3-9,12-14H,10-11,15H2,1-2H3. The predicted octanol–water partition coefficient (Wildman–Crippen LogP) is 3.95. The highest BCUT2D eigenvalue weighted by atomic mass is 32.2. The molecule has 0 radical (unpaired) electrons. The van der Waals surface area contributed by atoms with E-state index in [0.29, 0.717) is 23.6 Å². The van der Waals surface area contributed by atoms with Crippen LogP contribution >= 0.6 is 11.3 Å². The zero-order valence-corrected chi connectivity index (χ0v) is 19.1. The summed E-state index contributed by atoms with van der Waals surface area (Å²) in [6.07, 6.45) is 0. The average molecular weight is 480 g/mol. The van der Waals surface area contributed by atoms with E-state index in [2.05, 4.69) is 0 Å². The van der Waals surface area contributed by atoms with E-state index in [1.165, 1.54) is 42.7 Å². The number of benzene rings is 2. The van der Waals surface area contributed by atoms with Crippen molar-refractivity contribution in [3.8, 4) is 11.5 Å². The lowest BCUT2D eigenvalue weighted by atomic mass is 10.2. The van der Waals surface area contributed by atoms with Crippen LogP contribution in [0.1, 0.15) is 15.2 Å². The van der Waals surface area contributed by atoms with Crippen molar-refractivity contribution in [2.75, 3.05) is 27.4 Å². The monoisotopic (exact) mass is 479 g/mol. The Kier molecular flexibility index (Phi) is 7.84. The number of ether oxygens (including phenoxy) is 2. The molecular formula is C22H22FNO6S2. The van der Waals surface area contributed by atoms with Gasteiger partial charge in [0.25, 0.3) is 5.91 Å². The summed E-state index contributed by atoms with van der Waals surface area (Å²) in [6, 6.07) is 13.2. The molecule has 1 aromatic heterocycles.